The Morgan fingerprint density at radius 1 is 1.29 bits per heavy atom. The molecule has 1 aromatic heterocycles. The van der Waals surface area contributed by atoms with Gasteiger partial charge in [-0.3, -0.25) is 4.79 Å². The number of hydrogen-bond donors (Lipinski definition) is 0. The number of carbonyl (C=O) groups excluding carboxylic acids is 1. The summed E-state index contributed by atoms with van der Waals surface area (Å²) in [5.74, 6) is -2.32. The molecule has 0 unspecified atom stereocenters. The number of esters is 1. The molecular weight excluding hydrogens is 384 g/mol. The first kappa shape index (κ1) is 20.6. The van der Waals surface area contributed by atoms with E-state index in [1.54, 1.807) is 30.9 Å². The molecule has 0 radical (unpaired) electrons. The van der Waals surface area contributed by atoms with Crippen LogP contribution in [0, 0.1) is 11.6 Å². The topological polar surface area (TPSA) is 48.4 Å². The number of aromatic nitrogens is 1. The maximum atomic E-state index is 14.5. The fourth-order valence-corrected chi connectivity index (χ4v) is 4.15. The molecule has 1 aromatic carbocycles. The van der Waals surface area contributed by atoms with E-state index in [0.717, 1.165) is 17.9 Å². The lowest BCUT2D eigenvalue weighted by Crippen LogP contribution is -2.13. The van der Waals surface area contributed by atoms with Crippen LogP contribution < -0.4 is 4.74 Å². The van der Waals surface area contributed by atoms with Crippen molar-refractivity contribution in [1.82, 2.24) is 4.98 Å². The molecule has 0 amide bonds. The standard InChI is InChI=1S/C21H23F2NO3S/c1-2-26-19(25)9-5-11-27-20-17(22)12-14(13-18(20)23)16-8-4-10-24-21(16)28-15-6-3-7-15/h4,8,10,12-13,15H,2-3,5-7,9,11H2,1H3. The maximum Gasteiger partial charge on any atom is 0.305 e. The van der Waals surface area contributed by atoms with Gasteiger partial charge in [-0.1, -0.05) is 12.5 Å². The van der Waals surface area contributed by atoms with Gasteiger partial charge in [-0.2, -0.15) is 0 Å². The van der Waals surface area contributed by atoms with Crippen molar-refractivity contribution in [3.8, 4) is 16.9 Å². The van der Waals surface area contributed by atoms with Gasteiger partial charge >= 0.3 is 5.97 Å². The van der Waals surface area contributed by atoms with Crippen LogP contribution in [-0.4, -0.2) is 29.4 Å². The van der Waals surface area contributed by atoms with E-state index in [9.17, 15) is 13.6 Å². The van der Waals surface area contributed by atoms with Crippen LogP contribution in [0.5, 0.6) is 5.75 Å². The Hall–Kier alpha value is -2.15. The maximum absolute atomic E-state index is 14.5. The molecule has 0 atom stereocenters. The molecule has 28 heavy (non-hydrogen) atoms. The van der Waals surface area contributed by atoms with Gasteiger partial charge in [0, 0.05) is 23.4 Å². The van der Waals surface area contributed by atoms with Crippen molar-refractivity contribution < 1.29 is 23.0 Å². The number of ether oxygens (including phenoxy) is 2. The van der Waals surface area contributed by atoms with Crippen molar-refractivity contribution in [2.75, 3.05) is 13.2 Å². The van der Waals surface area contributed by atoms with Crippen LogP contribution in [0.4, 0.5) is 8.78 Å². The minimum Gasteiger partial charge on any atom is -0.488 e. The van der Waals surface area contributed by atoms with Gasteiger partial charge in [0.15, 0.2) is 17.4 Å². The second-order valence-electron chi connectivity index (χ2n) is 6.55. The highest BCUT2D eigenvalue weighted by molar-refractivity contribution is 8.00. The number of hydrogen-bond acceptors (Lipinski definition) is 5. The Kier molecular flexibility index (Phi) is 7.25. The third kappa shape index (κ3) is 5.22. The van der Waals surface area contributed by atoms with E-state index in [0.29, 0.717) is 29.4 Å². The largest absolute Gasteiger partial charge is 0.488 e. The lowest BCUT2D eigenvalue weighted by molar-refractivity contribution is -0.143. The summed E-state index contributed by atoms with van der Waals surface area (Å²) in [6, 6.07) is 6.12. The first-order valence-corrected chi connectivity index (χ1v) is 10.4. The van der Waals surface area contributed by atoms with Crippen LogP contribution >= 0.6 is 11.8 Å². The zero-order valence-corrected chi connectivity index (χ0v) is 16.6. The van der Waals surface area contributed by atoms with Crippen molar-refractivity contribution in [2.24, 2.45) is 0 Å². The molecule has 0 aliphatic heterocycles. The molecule has 1 saturated carbocycles. The summed E-state index contributed by atoms with van der Waals surface area (Å²) in [7, 11) is 0. The van der Waals surface area contributed by atoms with E-state index in [-0.39, 0.29) is 19.0 Å². The molecule has 3 rings (SSSR count). The smallest absolute Gasteiger partial charge is 0.305 e. The zero-order valence-electron chi connectivity index (χ0n) is 15.7. The first-order valence-electron chi connectivity index (χ1n) is 9.48. The van der Waals surface area contributed by atoms with Crippen molar-refractivity contribution in [3.63, 3.8) is 0 Å². The first-order chi connectivity index (χ1) is 13.6. The Morgan fingerprint density at radius 2 is 2.04 bits per heavy atom. The molecule has 1 aliphatic rings. The molecule has 0 spiro atoms. The van der Waals surface area contributed by atoms with Crippen LogP contribution in [0.25, 0.3) is 11.1 Å². The predicted molar refractivity (Wildman–Crippen MR) is 104 cm³/mol. The van der Waals surface area contributed by atoms with Gasteiger partial charge in [0.05, 0.1) is 13.2 Å². The Labute approximate surface area is 167 Å². The molecule has 0 bridgehead atoms. The van der Waals surface area contributed by atoms with E-state index in [2.05, 4.69) is 4.98 Å². The zero-order chi connectivity index (χ0) is 19.9. The molecular formula is C21H23F2NO3S. The van der Waals surface area contributed by atoms with Gasteiger partial charge in [-0.05, 0) is 49.9 Å². The highest BCUT2D eigenvalue weighted by Crippen LogP contribution is 2.40. The molecule has 4 nitrogen and oxygen atoms in total. The summed E-state index contributed by atoms with van der Waals surface area (Å²) >= 11 is 1.66. The van der Waals surface area contributed by atoms with Crippen LogP contribution in [-0.2, 0) is 9.53 Å². The van der Waals surface area contributed by atoms with Gasteiger partial charge in [0.1, 0.15) is 5.03 Å². The SMILES string of the molecule is CCOC(=O)CCCOc1c(F)cc(-c2cccnc2SC2CCC2)cc1F. The second-order valence-corrected chi connectivity index (χ2v) is 7.84. The van der Waals surface area contributed by atoms with Gasteiger partial charge in [0.2, 0.25) is 0 Å². The van der Waals surface area contributed by atoms with Crippen molar-refractivity contribution in [1.29, 1.82) is 0 Å². The fourth-order valence-electron chi connectivity index (χ4n) is 2.83. The average Bonchev–Trinajstić information content (AvgIpc) is 2.64. The Bertz CT molecular complexity index is 804. The third-order valence-electron chi connectivity index (χ3n) is 4.49. The number of thioether (sulfide) groups is 1. The number of rotatable bonds is 9. The van der Waals surface area contributed by atoms with Crippen molar-refractivity contribution in [2.45, 2.75) is 49.3 Å². The molecule has 0 N–H and O–H groups in total. The lowest BCUT2D eigenvalue weighted by Gasteiger charge is -2.25. The van der Waals surface area contributed by atoms with Crippen LogP contribution in [0.15, 0.2) is 35.5 Å². The summed E-state index contributed by atoms with van der Waals surface area (Å²) < 4.78 is 39.0. The normalized spacial score (nSPS) is 13.8. The Balaban J connectivity index is 1.69. The summed E-state index contributed by atoms with van der Waals surface area (Å²) in [6.07, 6.45) is 5.66. The minimum absolute atomic E-state index is 0.0294. The molecule has 2 aromatic rings. The molecule has 1 fully saturated rings. The number of pyridine rings is 1. The average molecular weight is 407 g/mol. The third-order valence-corrected chi connectivity index (χ3v) is 5.84. The van der Waals surface area contributed by atoms with Gasteiger partial charge in [0.25, 0.3) is 0 Å². The Morgan fingerprint density at radius 3 is 2.68 bits per heavy atom. The minimum atomic E-state index is -0.769. The van der Waals surface area contributed by atoms with E-state index < -0.39 is 17.4 Å². The quantitative estimate of drug-likeness (QED) is 0.412. The fraction of sp³-hybridized carbons (Fsp3) is 0.429. The molecule has 7 heteroatoms. The van der Waals surface area contributed by atoms with E-state index in [1.807, 2.05) is 6.07 Å². The van der Waals surface area contributed by atoms with E-state index in [4.69, 9.17) is 9.47 Å². The van der Waals surface area contributed by atoms with Gasteiger partial charge in [-0.25, -0.2) is 13.8 Å². The van der Waals surface area contributed by atoms with E-state index in [1.165, 1.54) is 18.6 Å². The number of halogens is 2. The summed E-state index contributed by atoms with van der Waals surface area (Å²) in [5.41, 5.74) is 1.15. The predicted octanol–water partition coefficient (Wildman–Crippen LogP) is 5.39. The number of benzene rings is 1. The van der Waals surface area contributed by atoms with E-state index >= 15 is 0 Å². The summed E-state index contributed by atoms with van der Waals surface area (Å²) in [4.78, 5) is 15.7. The molecule has 1 heterocycles. The molecule has 1 aliphatic carbocycles. The molecule has 0 saturated heterocycles. The van der Waals surface area contributed by atoms with Gasteiger partial charge in [-0.15, -0.1) is 11.8 Å². The van der Waals surface area contributed by atoms with Crippen molar-refractivity contribution in [3.05, 3.63) is 42.1 Å². The van der Waals surface area contributed by atoms with Crippen LogP contribution in [0.1, 0.15) is 39.0 Å². The van der Waals surface area contributed by atoms with Gasteiger partial charge < -0.3 is 9.47 Å². The van der Waals surface area contributed by atoms with Crippen molar-refractivity contribution >= 4 is 17.7 Å². The molecule has 150 valence electrons. The monoisotopic (exact) mass is 407 g/mol. The highest BCUT2D eigenvalue weighted by Gasteiger charge is 2.22. The number of carbonyl (C=O) groups is 1. The van der Waals surface area contributed by atoms with Crippen LogP contribution in [0.2, 0.25) is 0 Å². The summed E-state index contributed by atoms with van der Waals surface area (Å²) in [6.45, 7) is 2.06. The highest BCUT2D eigenvalue weighted by atomic mass is 32.2. The second kappa shape index (κ2) is 9.87. The summed E-state index contributed by atoms with van der Waals surface area (Å²) in [5, 5.41) is 1.31. The number of nitrogens with zero attached hydrogens (tertiary/aromatic N) is 1. The lowest BCUT2D eigenvalue weighted by atomic mass is 10.00. The van der Waals surface area contributed by atoms with Crippen LogP contribution in [0.3, 0.4) is 0 Å².